The van der Waals surface area contributed by atoms with Gasteiger partial charge in [-0.25, -0.2) is 12.8 Å². The Bertz CT molecular complexity index is 993. The van der Waals surface area contributed by atoms with Gasteiger partial charge in [-0.3, -0.25) is 9.52 Å². The van der Waals surface area contributed by atoms with Crippen LogP contribution in [0.4, 0.5) is 10.1 Å². The van der Waals surface area contributed by atoms with Crippen molar-refractivity contribution in [3.63, 3.8) is 0 Å². The number of sulfonamides is 1. The van der Waals surface area contributed by atoms with Crippen LogP contribution >= 0.6 is 15.9 Å². The van der Waals surface area contributed by atoms with E-state index in [-0.39, 0.29) is 27.8 Å². The molecule has 0 aromatic heterocycles. The zero-order valence-corrected chi connectivity index (χ0v) is 17.3. The molecular weight excluding hydrogens is 455 g/mol. The lowest BCUT2D eigenvalue weighted by Crippen LogP contribution is -2.40. The normalized spacial score (nSPS) is 14.6. The summed E-state index contributed by atoms with van der Waals surface area (Å²) in [5, 5.41) is 0. The SMILES string of the molecule is COc1ccc(S(=O)(=O)Nc2ccc(Br)cc2F)cc1C(=O)N1CCOCC1. The van der Waals surface area contributed by atoms with Crippen LogP contribution in [0.25, 0.3) is 0 Å². The first kappa shape index (κ1) is 20.6. The van der Waals surface area contributed by atoms with Crippen LogP contribution in [0.5, 0.6) is 5.75 Å². The number of hydrogen-bond donors (Lipinski definition) is 1. The van der Waals surface area contributed by atoms with Crippen molar-refractivity contribution in [2.45, 2.75) is 4.90 Å². The highest BCUT2D eigenvalue weighted by molar-refractivity contribution is 9.10. The summed E-state index contributed by atoms with van der Waals surface area (Å²) in [6.45, 7) is 1.63. The fourth-order valence-corrected chi connectivity index (χ4v) is 4.16. The number of anilines is 1. The summed E-state index contributed by atoms with van der Waals surface area (Å²) in [5.74, 6) is -0.826. The molecule has 2 aromatic rings. The van der Waals surface area contributed by atoms with Crippen LogP contribution in [0.15, 0.2) is 45.8 Å². The number of ether oxygens (including phenoxy) is 2. The van der Waals surface area contributed by atoms with Gasteiger partial charge in [-0.1, -0.05) is 15.9 Å². The van der Waals surface area contributed by atoms with Crippen LogP contribution in [0, 0.1) is 5.82 Å². The second kappa shape index (κ2) is 8.46. The average molecular weight is 473 g/mol. The zero-order valence-electron chi connectivity index (χ0n) is 14.9. The molecule has 1 saturated heterocycles. The summed E-state index contributed by atoms with van der Waals surface area (Å²) in [6, 6.07) is 7.91. The molecule has 1 aliphatic rings. The smallest absolute Gasteiger partial charge is 0.262 e. The van der Waals surface area contributed by atoms with E-state index in [1.54, 1.807) is 4.90 Å². The molecule has 10 heteroatoms. The van der Waals surface area contributed by atoms with E-state index in [2.05, 4.69) is 20.7 Å². The lowest BCUT2D eigenvalue weighted by Gasteiger charge is -2.27. The predicted molar refractivity (Wildman–Crippen MR) is 105 cm³/mol. The summed E-state index contributed by atoms with van der Waals surface area (Å²) in [4.78, 5) is 14.2. The molecule has 1 aliphatic heterocycles. The lowest BCUT2D eigenvalue weighted by molar-refractivity contribution is 0.0300. The molecule has 0 aliphatic carbocycles. The number of methoxy groups -OCH3 is 1. The maximum atomic E-state index is 14.0. The number of benzene rings is 2. The maximum absolute atomic E-state index is 14.0. The number of hydrogen-bond acceptors (Lipinski definition) is 5. The second-order valence-electron chi connectivity index (χ2n) is 6.00. The monoisotopic (exact) mass is 472 g/mol. The number of carbonyl (C=O) groups is 1. The first-order valence-electron chi connectivity index (χ1n) is 8.35. The van der Waals surface area contributed by atoms with Gasteiger partial charge >= 0.3 is 0 Å². The fraction of sp³-hybridized carbons (Fsp3) is 0.278. The van der Waals surface area contributed by atoms with Gasteiger partial charge in [-0.2, -0.15) is 0 Å². The van der Waals surface area contributed by atoms with E-state index in [0.717, 1.165) is 6.07 Å². The molecule has 0 bridgehead atoms. The molecular formula is C18H18BrFN2O5S. The molecule has 1 N–H and O–H groups in total. The number of halogens is 2. The summed E-state index contributed by atoms with van der Waals surface area (Å²) in [7, 11) is -2.72. The molecule has 0 unspecified atom stereocenters. The minimum atomic E-state index is -4.12. The number of nitrogens with one attached hydrogen (secondary N) is 1. The number of carbonyl (C=O) groups excluding carboxylic acids is 1. The van der Waals surface area contributed by atoms with Gasteiger partial charge in [0.05, 0.1) is 36.5 Å². The van der Waals surface area contributed by atoms with Crippen LogP contribution in [-0.2, 0) is 14.8 Å². The molecule has 0 atom stereocenters. The van der Waals surface area contributed by atoms with Crippen LogP contribution in [-0.4, -0.2) is 52.6 Å². The van der Waals surface area contributed by atoms with Crippen molar-refractivity contribution in [2.75, 3.05) is 38.1 Å². The Balaban J connectivity index is 1.94. The Hall–Kier alpha value is -2.17. The Labute approximate surface area is 170 Å². The number of morpholine rings is 1. The molecule has 1 fully saturated rings. The summed E-state index contributed by atoms with van der Waals surface area (Å²) < 4.78 is 52.6. The Morgan fingerprint density at radius 2 is 1.93 bits per heavy atom. The van der Waals surface area contributed by atoms with Gasteiger partial charge in [-0.05, 0) is 36.4 Å². The van der Waals surface area contributed by atoms with Gasteiger partial charge in [0.15, 0.2) is 0 Å². The van der Waals surface area contributed by atoms with Gasteiger partial charge in [0.1, 0.15) is 11.6 Å². The summed E-state index contributed by atoms with van der Waals surface area (Å²) in [6.07, 6.45) is 0. The second-order valence-corrected chi connectivity index (χ2v) is 8.59. The van der Waals surface area contributed by atoms with E-state index in [1.807, 2.05) is 0 Å². The van der Waals surface area contributed by atoms with Crippen molar-refractivity contribution in [1.82, 2.24) is 4.90 Å². The van der Waals surface area contributed by atoms with Gasteiger partial charge in [0.25, 0.3) is 15.9 Å². The standard InChI is InChI=1S/C18H18BrFN2O5S/c1-26-17-5-3-13(11-14(17)18(23)22-6-8-27-9-7-22)28(24,25)21-16-4-2-12(19)10-15(16)20/h2-5,10-11,21H,6-9H2,1H3. The first-order chi connectivity index (χ1) is 13.3. The van der Waals surface area contributed by atoms with Gasteiger partial charge < -0.3 is 14.4 Å². The van der Waals surface area contributed by atoms with E-state index >= 15 is 0 Å². The molecule has 7 nitrogen and oxygen atoms in total. The molecule has 0 saturated carbocycles. The van der Waals surface area contributed by atoms with Crippen LogP contribution in [0.3, 0.4) is 0 Å². The highest BCUT2D eigenvalue weighted by Crippen LogP contribution is 2.27. The molecule has 150 valence electrons. The van der Waals surface area contributed by atoms with Crippen molar-refractivity contribution in [1.29, 1.82) is 0 Å². The van der Waals surface area contributed by atoms with Crippen molar-refractivity contribution in [3.8, 4) is 5.75 Å². The minimum absolute atomic E-state index is 0.114. The number of rotatable bonds is 5. The van der Waals surface area contributed by atoms with E-state index in [9.17, 15) is 17.6 Å². The van der Waals surface area contributed by atoms with E-state index in [4.69, 9.17) is 9.47 Å². The van der Waals surface area contributed by atoms with E-state index in [0.29, 0.717) is 30.8 Å². The molecule has 0 radical (unpaired) electrons. The topological polar surface area (TPSA) is 84.9 Å². The Kier molecular flexibility index (Phi) is 6.21. The summed E-state index contributed by atoms with van der Waals surface area (Å²) >= 11 is 3.12. The van der Waals surface area contributed by atoms with Crippen molar-refractivity contribution >= 4 is 37.5 Å². The predicted octanol–water partition coefficient (Wildman–Crippen LogP) is 2.87. The van der Waals surface area contributed by atoms with E-state index < -0.39 is 15.8 Å². The van der Waals surface area contributed by atoms with Crippen LogP contribution < -0.4 is 9.46 Å². The van der Waals surface area contributed by atoms with Gasteiger partial charge in [-0.15, -0.1) is 0 Å². The van der Waals surface area contributed by atoms with Crippen molar-refractivity contribution < 1.29 is 27.1 Å². The zero-order chi connectivity index (χ0) is 20.3. The third kappa shape index (κ3) is 4.45. The van der Waals surface area contributed by atoms with Crippen molar-refractivity contribution in [2.24, 2.45) is 0 Å². The highest BCUT2D eigenvalue weighted by Gasteiger charge is 2.25. The molecule has 2 aromatic carbocycles. The van der Waals surface area contributed by atoms with Crippen LogP contribution in [0.2, 0.25) is 0 Å². The highest BCUT2D eigenvalue weighted by atomic mass is 79.9. The van der Waals surface area contributed by atoms with Crippen molar-refractivity contribution in [3.05, 3.63) is 52.3 Å². The molecule has 1 heterocycles. The van der Waals surface area contributed by atoms with Crippen LogP contribution in [0.1, 0.15) is 10.4 Å². The Morgan fingerprint density at radius 3 is 2.57 bits per heavy atom. The number of nitrogens with zero attached hydrogens (tertiary/aromatic N) is 1. The maximum Gasteiger partial charge on any atom is 0.262 e. The minimum Gasteiger partial charge on any atom is -0.496 e. The van der Waals surface area contributed by atoms with Gasteiger partial charge in [0.2, 0.25) is 0 Å². The molecule has 0 spiro atoms. The third-order valence-electron chi connectivity index (χ3n) is 4.19. The summed E-state index contributed by atoms with van der Waals surface area (Å²) in [5.41, 5.74) is -0.0800. The quantitative estimate of drug-likeness (QED) is 0.722. The fourth-order valence-electron chi connectivity index (χ4n) is 2.73. The largest absolute Gasteiger partial charge is 0.496 e. The molecule has 28 heavy (non-hydrogen) atoms. The van der Waals surface area contributed by atoms with E-state index in [1.165, 1.54) is 37.4 Å². The third-order valence-corrected chi connectivity index (χ3v) is 6.04. The first-order valence-corrected chi connectivity index (χ1v) is 10.6. The Morgan fingerprint density at radius 1 is 1.21 bits per heavy atom. The molecule has 3 rings (SSSR count). The van der Waals surface area contributed by atoms with Gasteiger partial charge in [0, 0.05) is 17.6 Å². The number of amides is 1. The average Bonchev–Trinajstić information content (AvgIpc) is 2.69. The lowest BCUT2D eigenvalue weighted by atomic mass is 10.1. The molecule has 1 amide bonds.